The lowest BCUT2D eigenvalue weighted by molar-refractivity contribution is 0.582. The van der Waals surface area contributed by atoms with Gasteiger partial charge in [0.2, 0.25) is 10.0 Å². The molecule has 0 saturated heterocycles. The molecule has 0 fully saturated rings. The minimum absolute atomic E-state index is 0.459. The van der Waals surface area contributed by atoms with E-state index in [0.29, 0.717) is 0 Å². The molecule has 0 amide bonds. The molecule has 0 aromatic carbocycles. The lowest BCUT2D eigenvalue weighted by Crippen LogP contribution is -2.31. The lowest BCUT2D eigenvalue weighted by atomic mass is 10.4. The molecule has 0 bridgehead atoms. The molecule has 58 valence electrons. The molecule has 3 nitrogen and oxygen atoms in total. The fourth-order valence-corrected chi connectivity index (χ4v) is 1.19. The Kier molecular flexibility index (Phi) is 3.72. The van der Waals surface area contributed by atoms with Gasteiger partial charge in [-0.25, -0.2) is 8.42 Å². The zero-order chi connectivity index (χ0) is 8.20. The van der Waals surface area contributed by atoms with Crippen molar-refractivity contribution in [2.75, 3.05) is 5.21 Å². The number of rotatable bonds is 3. The Balaban J connectivity index is 4.06. The van der Waals surface area contributed by atoms with Crippen molar-refractivity contribution in [1.29, 1.82) is 0 Å². The molecular formula is C5H8ClNO2S. The maximum atomic E-state index is 10.6. The normalized spacial score (nSPS) is 14.1. The Morgan fingerprint density at radius 2 is 2.30 bits per heavy atom. The molecule has 0 aliphatic carbocycles. The van der Waals surface area contributed by atoms with Gasteiger partial charge in [-0.2, -0.15) is 4.72 Å². The number of terminal acetylenes is 1. The van der Waals surface area contributed by atoms with E-state index in [0.717, 1.165) is 0 Å². The van der Waals surface area contributed by atoms with Crippen LogP contribution in [0.15, 0.2) is 0 Å². The van der Waals surface area contributed by atoms with Crippen molar-refractivity contribution in [2.45, 2.75) is 13.0 Å². The number of sulfonamides is 1. The maximum Gasteiger partial charge on any atom is 0.226 e. The summed E-state index contributed by atoms with van der Waals surface area (Å²) in [5.41, 5.74) is 0. The van der Waals surface area contributed by atoms with E-state index in [1.165, 1.54) is 0 Å². The molecule has 10 heavy (non-hydrogen) atoms. The number of nitrogens with one attached hydrogen (secondary N) is 1. The SMILES string of the molecule is C#CC(C)NS(=O)(=O)CCl. The summed E-state index contributed by atoms with van der Waals surface area (Å²) in [6.07, 6.45) is 4.91. The average Bonchev–Trinajstić information content (AvgIpc) is 1.87. The molecule has 1 unspecified atom stereocenters. The van der Waals surface area contributed by atoms with Crippen LogP contribution in [0.3, 0.4) is 0 Å². The van der Waals surface area contributed by atoms with Crippen molar-refractivity contribution in [3.63, 3.8) is 0 Å². The van der Waals surface area contributed by atoms with E-state index in [4.69, 9.17) is 18.0 Å². The number of alkyl halides is 1. The molecule has 0 saturated carbocycles. The van der Waals surface area contributed by atoms with E-state index < -0.39 is 21.3 Å². The van der Waals surface area contributed by atoms with Crippen molar-refractivity contribution >= 4 is 21.6 Å². The Hall–Kier alpha value is -0.240. The van der Waals surface area contributed by atoms with Gasteiger partial charge in [-0.05, 0) is 6.92 Å². The van der Waals surface area contributed by atoms with Crippen molar-refractivity contribution in [3.05, 3.63) is 0 Å². The van der Waals surface area contributed by atoms with Crippen LogP contribution in [-0.2, 0) is 10.0 Å². The van der Waals surface area contributed by atoms with Gasteiger partial charge in [0.25, 0.3) is 0 Å². The standard InChI is InChI=1S/C5H8ClNO2S/c1-3-5(2)7-10(8,9)4-6/h1,5,7H,4H2,2H3. The van der Waals surface area contributed by atoms with Crippen LogP contribution in [-0.4, -0.2) is 19.7 Å². The van der Waals surface area contributed by atoms with E-state index in [1.807, 2.05) is 0 Å². The minimum Gasteiger partial charge on any atom is -0.211 e. The Bertz CT molecular complexity index is 229. The van der Waals surface area contributed by atoms with Gasteiger partial charge >= 0.3 is 0 Å². The van der Waals surface area contributed by atoms with E-state index in [2.05, 4.69) is 10.6 Å². The van der Waals surface area contributed by atoms with Gasteiger partial charge in [-0.1, -0.05) is 5.92 Å². The van der Waals surface area contributed by atoms with Crippen LogP contribution in [0.25, 0.3) is 0 Å². The van der Waals surface area contributed by atoms with Crippen LogP contribution >= 0.6 is 11.6 Å². The molecule has 0 aliphatic rings. The first kappa shape index (κ1) is 9.76. The molecule has 0 rings (SSSR count). The van der Waals surface area contributed by atoms with Gasteiger partial charge in [-0.15, -0.1) is 18.0 Å². The summed E-state index contributed by atoms with van der Waals surface area (Å²) in [4.78, 5) is 0. The highest BCUT2D eigenvalue weighted by atomic mass is 35.5. The Labute approximate surface area is 65.8 Å². The first-order valence-electron chi connectivity index (χ1n) is 2.54. The third-order valence-corrected chi connectivity index (χ3v) is 2.61. The summed E-state index contributed by atoms with van der Waals surface area (Å²) >= 11 is 5.08. The van der Waals surface area contributed by atoms with E-state index in [1.54, 1.807) is 6.92 Å². The van der Waals surface area contributed by atoms with Crippen LogP contribution in [0.5, 0.6) is 0 Å². The van der Waals surface area contributed by atoms with Gasteiger partial charge in [0.05, 0.1) is 6.04 Å². The number of hydrogen-bond donors (Lipinski definition) is 1. The highest BCUT2D eigenvalue weighted by Gasteiger charge is 2.09. The van der Waals surface area contributed by atoms with Crippen LogP contribution in [0, 0.1) is 12.3 Å². The zero-order valence-corrected chi connectivity index (χ0v) is 7.04. The second kappa shape index (κ2) is 3.81. The molecule has 0 aromatic heterocycles. The Morgan fingerprint density at radius 3 is 2.60 bits per heavy atom. The molecule has 0 aromatic rings. The molecule has 0 radical (unpaired) electrons. The van der Waals surface area contributed by atoms with Gasteiger partial charge in [0.1, 0.15) is 5.21 Å². The number of halogens is 1. The predicted octanol–water partition coefficient (Wildman–Crippen LogP) is 0.124. The van der Waals surface area contributed by atoms with Gasteiger partial charge in [0.15, 0.2) is 0 Å². The largest absolute Gasteiger partial charge is 0.226 e. The van der Waals surface area contributed by atoms with Crippen LogP contribution in [0.1, 0.15) is 6.92 Å². The molecule has 5 heteroatoms. The molecular weight excluding hydrogens is 174 g/mol. The maximum absolute atomic E-state index is 10.6. The first-order valence-corrected chi connectivity index (χ1v) is 4.72. The van der Waals surface area contributed by atoms with Crippen molar-refractivity contribution in [3.8, 4) is 12.3 Å². The van der Waals surface area contributed by atoms with Gasteiger partial charge in [-0.3, -0.25) is 0 Å². The summed E-state index contributed by atoms with van der Waals surface area (Å²) in [5, 5.41) is -0.459. The van der Waals surface area contributed by atoms with Gasteiger partial charge in [0, 0.05) is 0 Å². The average molecular weight is 182 g/mol. The fraction of sp³-hybridized carbons (Fsp3) is 0.600. The van der Waals surface area contributed by atoms with Crippen molar-refractivity contribution in [2.24, 2.45) is 0 Å². The summed E-state index contributed by atoms with van der Waals surface area (Å²) in [6.45, 7) is 1.56. The van der Waals surface area contributed by atoms with Crippen LogP contribution in [0.4, 0.5) is 0 Å². The van der Waals surface area contributed by atoms with Crippen molar-refractivity contribution in [1.82, 2.24) is 4.72 Å². The minimum atomic E-state index is -3.36. The summed E-state index contributed by atoms with van der Waals surface area (Å²) < 4.78 is 23.4. The third-order valence-electron chi connectivity index (χ3n) is 0.750. The van der Waals surface area contributed by atoms with Crippen molar-refractivity contribution < 1.29 is 8.42 Å². The zero-order valence-electron chi connectivity index (χ0n) is 5.46. The lowest BCUT2D eigenvalue weighted by Gasteiger charge is -2.04. The topological polar surface area (TPSA) is 46.2 Å². The van der Waals surface area contributed by atoms with Gasteiger partial charge < -0.3 is 0 Å². The van der Waals surface area contributed by atoms with Crippen LogP contribution < -0.4 is 4.72 Å². The smallest absolute Gasteiger partial charge is 0.211 e. The van der Waals surface area contributed by atoms with Crippen LogP contribution in [0.2, 0.25) is 0 Å². The van der Waals surface area contributed by atoms with E-state index >= 15 is 0 Å². The second-order valence-corrected chi connectivity index (χ2v) is 4.07. The summed E-state index contributed by atoms with van der Waals surface area (Å²) in [6, 6.07) is -0.497. The quantitative estimate of drug-likeness (QED) is 0.497. The third kappa shape index (κ3) is 3.72. The van der Waals surface area contributed by atoms with E-state index in [-0.39, 0.29) is 0 Å². The molecule has 0 heterocycles. The second-order valence-electron chi connectivity index (χ2n) is 1.73. The molecule has 0 aliphatic heterocycles. The Morgan fingerprint density at radius 1 is 1.80 bits per heavy atom. The molecule has 1 N–H and O–H groups in total. The summed E-state index contributed by atoms with van der Waals surface area (Å²) in [7, 11) is -3.36. The molecule has 0 spiro atoms. The first-order chi connectivity index (χ1) is 4.52. The van der Waals surface area contributed by atoms with E-state index in [9.17, 15) is 8.42 Å². The highest BCUT2D eigenvalue weighted by Crippen LogP contribution is 1.90. The highest BCUT2D eigenvalue weighted by molar-refractivity contribution is 7.90. The fourth-order valence-electron chi connectivity index (χ4n) is 0.335. The monoisotopic (exact) mass is 181 g/mol. The predicted molar refractivity (Wildman–Crippen MR) is 41.1 cm³/mol. The molecule has 1 atom stereocenters. The number of hydrogen-bond acceptors (Lipinski definition) is 2. The summed E-state index contributed by atoms with van der Waals surface area (Å²) in [5.74, 6) is 2.21.